The first-order valence-electron chi connectivity index (χ1n) is 10.1. The highest BCUT2D eigenvalue weighted by Gasteiger charge is 2.43. The lowest BCUT2D eigenvalue weighted by molar-refractivity contribution is -0.120. The molecule has 2 aromatic carbocycles. The van der Waals surface area contributed by atoms with Crippen LogP contribution in [0.2, 0.25) is 0 Å². The topological polar surface area (TPSA) is 40.6 Å². The number of amides is 2. The van der Waals surface area contributed by atoms with Crippen LogP contribution in [-0.4, -0.2) is 18.4 Å². The summed E-state index contributed by atoms with van der Waals surface area (Å²) in [5.74, 6) is -0.177. The summed E-state index contributed by atoms with van der Waals surface area (Å²) in [6, 6.07) is 21.2. The number of nitrogens with zero attached hydrogens (tertiary/aromatic N) is 2. The molecule has 0 N–H and O–H groups in total. The Morgan fingerprint density at radius 3 is 2.17 bits per heavy atom. The quantitative estimate of drug-likeness (QED) is 0.485. The zero-order valence-corrected chi connectivity index (χ0v) is 18.1. The van der Waals surface area contributed by atoms with E-state index in [4.69, 9.17) is 0 Å². The zero-order chi connectivity index (χ0) is 21.3. The fourth-order valence-corrected chi connectivity index (χ4v) is 4.49. The van der Waals surface area contributed by atoms with E-state index < -0.39 is 0 Å². The minimum absolute atomic E-state index is 0.274. The number of carbonyl (C=O) groups is 2. The second kappa shape index (κ2) is 8.28. The molecule has 3 aromatic rings. The van der Waals surface area contributed by atoms with Crippen molar-refractivity contribution in [3.63, 3.8) is 0 Å². The maximum Gasteiger partial charge on any atom is 0.282 e. The van der Waals surface area contributed by atoms with Crippen LogP contribution in [-0.2, 0) is 9.59 Å². The SMILES string of the molecule is CCN(C1=C(c2cccs2)C(=O)N(c2ccc(C(C)C)cc2)C1=O)c1ccccc1. The van der Waals surface area contributed by atoms with E-state index in [0.29, 0.717) is 29.4 Å². The van der Waals surface area contributed by atoms with Crippen LogP contribution in [0, 0.1) is 0 Å². The molecule has 152 valence electrons. The Morgan fingerprint density at radius 1 is 0.900 bits per heavy atom. The molecule has 0 atom stereocenters. The number of carbonyl (C=O) groups excluding carboxylic acids is 2. The lowest BCUT2D eigenvalue weighted by Gasteiger charge is -2.24. The number of imide groups is 1. The number of para-hydroxylation sites is 1. The monoisotopic (exact) mass is 416 g/mol. The third kappa shape index (κ3) is 3.46. The van der Waals surface area contributed by atoms with Crippen molar-refractivity contribution in [3.05, 3.63) is 88.2 Å². The van der Waals surface area contributed by atoms with Crippen LogP contribution in [0.5, 0.6) is 0 Å². The molecule has 0 saturated heterocycles. The van der Waals surface area contributed by atoms with Gasteiger partial charge in [-0.05, 0) is 54.1 Å². The van der Waals surface area contributed by atoms with E-state index in [1.807, 2.05) is 83.9 Å². The van der Waals surface area contributed by atoms with E-state index in [9.17, 15) is 9.59 Å². The second-order valence-corrected chi connectivity index (χ2v) is 8.42. The van der Waals surface area contributed by atoms with Crippen LogP contribution in [0.4, 0.5) is 11.4 Å². The fourth-order valence-electron chi connectivity index (χ4n) is 3.73. The standard InChI is InChI=1S/C25H24N2O2S/c1-4-26(19-9-6-5-7-10-19)23-22(21-11-8-16-30-21)24(28)27(25(23)29)20-14-12-18(13-15-20)17(2)3/h5-17H,4H2,1-3H3. The number of rotatable bonds is 6. The van der Waals surface area contributed by atoms with Crippen molar-refractivity contribution in [1.82, 2.24) is 0 Å². The maximum absolute atomic E-state index is 13.6. The van der Waals surface area contributed by atoms with Crippen molar-refractivity contribution in [2.24, 2.45) is 0 Å². The average molecular weight is 417 g/mol. The molecule has 1 aliphatic heterocycles. The Balaban J connectivity index is 1.83. The summed E-state index contributed by atoms with van der Waals surface area (Å²) in [6.07, 6.45) is 0. The fraction of sp³-hybridized carbons (Fsp3) is 0.200. The van der Waals surface area contributed by atoms with Crippen molar-refractivity contribution in [2.75, 3.05) is 16.3 Å². The van der Waals surface area contributed by atoms with Crippen LogP contribution >= 0.6 is 11.3 Å². The molecule has 0 spiro atoms. The molecule has 4 nitrogen and oxygen atoms in total. The molecule has 1 aliphatic rings. The third-order valence-electron chi connectivity index (χ3n) is 5.30. The van der Waals surface area contributed by atoms with Crippen LogP contribution in [0.3, 0.4) is 0 Å². The van der Waals surface area contributed by atoms with Gasteiger partial charge in [-0.15, -0.1) is 11.3 Å². The molecule has 4 rings (SSSR count). The Bertz CT molecular complexity index is 1080. The minimum atomic E-state index is -0.286. The molecule has 5 heteroatoms. The van der Waals surface area contributed by atoms with Gasteiger partial charge in [0.15, 0.2) is 0 Å². The maximum atomic E-state index is 13.6. The van der Waals surface area contributed by atoms with Crippen molar-refractivity contribution in [3.8, 4) is 0 Å². The highest BCUT2D eigenvalue weighted by molar-refractivity contribution is 7.11. The molecule has 1 aromatic heterocycles. The Morgan fingerprint density at radius 2 is 1.60 bits per heavy atom. The summed E-state index contributed by atoms with van der Waals surface area (Å²) in [5.41, 5.74) is 3.56. The van der Waals surface area contributed by atoms with Gasteiger partial charge in [-0.1, -0.05) is 50.2 Å². The molecule has 0 fully saturated rings. The van der Waals surface area contributed by atoms with E-state index in [2.05, 4.69) is 13.8 Å². The Labute approximate surface area is 181 Å². The number of anilines is 2. The van der Waals surface area contributed by atoms with Crippen LogP contribution < -0.4 is 9.80 Å². The van der Waals surface area contributed by atoms with Crippen molar-refractivity contribution in [1.29, 1.82) is 0 Å². The van der Waals surface area contributed by atoms with E-state index >= 15 is 0 Å². The van der Waals surface area contributed by atoms with Gasteiger partial charge in [0, 0.05) is 17.1 Å². The van der Waals surface area contributed by atoms with E-state index in [-0.39, 0.29) is 11.8 Å². The molecular weight excluding hydrogens is 392 g/mol. The second-order valence-electron chi connectivity index (χ2n) is 7.47. The molecule has 0 bridgehead atoms. The zero-order valence-electron chi connectivity index (χ0n) is 17.3. The smallest absolute Gasteiger partial charge is 0.282 e. The van der Waals surface area contributed by atoms with Gasteiger partial charge in [-0.2, -0.15) is 0 Å². The summed E-state index contributed by atoms with van der Waals surface area (Å²) in [4.78, 5) is 31.2. The minimum Gasteiger partial charge on any atom is -0.337 e. The third-order valence-corrected chi connectivity index (χ3v) is 6.19. The molecule has 0 radical (unpaired) electrons. The summed E-state index contributed by atoms with van der Waals surface area (Å²) in [6.45, 7) is 6.81. The summed E-state index contributed by atoms with van der Waals surface area (Å²) in [5, 5.41) is 1.93. The lowest BCUT2D eigenvalue weighted by Crippen LogP contribution is -2.35. The first-order chi connectivity index (χ1) is 14.5. The summed E-state index contributed by atoms with van der Waals surface area (Å²) in [7, 11) is 0. The molecule has 2 amide bonds. The molecule has 0 aliphatic carbocycles. The largest absolute Gasteiger partial charge is 0.337 e. The number of hydrogen-bond donors (Lipinski definition) is 0. The van der Waals surface area contributed by atoms with Gasteiger partial charge in [-0.3, -0.25) is 9.59 Å². The highest BCUT2D eigenvalue weighted by atomic mass is 32.1. The molecule has 0 unspecified atom stereocenters. The predicted molar refractivity (Wildman–Crippen MR) is 124 cm³/mol. The van der Waals surface area contributed by atoms with Gasteiger partial charge in [0.2, 0.25) is 0 Å². The van der Waals surface area contributed by atoms with Crippen LogP contribution in [0.15, 0.2) is 77.8 Å². The number of thiophene rings is 1. The predicted octanol–water partition coefficient (Wildman–Crippen LogP) is 5.68. The van der Waals surface area contributed by atoms with Gasteiger partial charge in [0.1, 0.15) is 5.70 Å². The highest BCUT2D eigenvalue weighted by Crippen LogP contribution is 2.38. The van der Waals surface area contributed by atoms with E-state index in [1.165, 1.54) is 21.8 Å². The molecular formula is C25H24N2O2S. The Hall–Kier alpha value is -3.18. The number of hydrogen-bond acceptors (Lipinski definition) is 4. The van der Waals surface area contributed by atoms with E-state index in [1.54, 1.807) is 0 Å². The van der Waals surface area contributed by atoms with Crippen molar-refractivity contribution >= 4 is 40.1 Å². The van der Waals surface area contributed by atoms with Crippen molar-refractivity contribution in [2.45, 2.75) is 26.7 Å². The van der Waals surface area contributed by atoms with Gasteiger partial charge >= 0.3 is 0 Å². The van der Waals surface area contributed by atoms with Gasteiger partial charge in [-0.25, -0.2) is 4.90 Å². The van der Waals surface area contributed by atoms with Gasteiger partial charge in [0.25, 0.3) is 11.8 Å². The number of likely N-dealkylation sites (N-methyl/N-ethyl adjacent to an activating group) is 1. The summed E-state index contributed by atoms with van der Waals surface area (Å²) >= 11 is 1.47. The molecule has 0 saturated carbocycles. The first kappa shape index (κ1) is 20.1. The van der Waals surface area contributed by atoms with Gasteiger partial charge in [0.05, 0.1) is 11.3 Å². The summed E-state index contributed by atoms with van der Waals surface area (Å²) < 4.78 is 0. The first-order valence-corrected chi connectivity index (χ1v) is 11.0. The molecule has 30 heavy (non-hydrogen) atoms. The van der Waals surface area contributed by atoms with Crippen LogP contribution in [0.1, 0.15) is 37.1 Å². The number of benzene rings is 2. The normalized spacial score (nSPS) is 14.2. The van der Waals surface area contributed by atoms with Gasteiger partial charge < -0.3 is 4.90 Å². The average Bonchev–Trinajstić information content (AvgIpc) is 3.36. The Kier molecular flexibility index (Phi) is 5.55. The van der Waals surface area contributed by atoms with Crippen LogP contribution in [0.25, 0.3) is 5.57 Å². The molecule has 2 heterocycles. The van der Waals surface area contributed by atoms with Crippen molar-refractivity contribution < 1.29 is 9.59 Å². The van der Waals surface area contributed by atoms with E-state index in [0.717, 1.165) is 10.6 Å². The lowest BCUT2D eigenvalue weighted by atomic mass is 10.0.